The van der Waals surface area contributed by atoms with Gasteiger partial charge in [-0.05, 0) is 49.4 Å². The lowest BCUT2D eigenvalue weighted by Gasteiger charge is -2.40. The van der Waals surface area contributed by atoms with E-state index in [4.69, 9.17) is 4.98 Å². The summed E-state index contributed by atoms with van der Waals surface area (Å²) in [4.78, 5) is 45.6. The van der Waals surface area contributed by atoms with Crippen LogP contribution in [0.15, 0.2) is 52.7 Å². The van der Waals surface area contributed by atoms with Gasteiger partial charge in [0.15, 0.2) is 11.5 Å². The average Bonchev–Trinajstić information content (AvgIpc) is 3.02. The number of benzene rings is 1. The number of hydrogen-bond acceptors (Lipinski definition) is 9. The summed E-state index contributed by atoms with van der Waals surface area (Å²) in [7, 11) is 0. The standard InChI is InChI=1S/C33H33F4N7O3S/c1-6-25(46)41-10-11-43(18(4)14-41)30-19-12-21(35)28(26-20(34)8-7-9-22(26)45)39-31(19)44(32(47)40-30)29-23(48-5)13-24(38-27(29)17(2)3)42-15-33(36,37)16-42/h6-9,12-13,17-18,45H,1,10-11,14-16H2,2-5H3/t18-/m0/s1. The molecule has 2 saturated heterocycles. The van der Waals surface area contributed by atoms with E-state index in [2.05, 4.69) is 16.5 Å². The number of phenolic OH excluding ortho intramolecular Hbond substituents is 1. The molecule has 10 nitrogen and oxygen atoms in total. The van der Waals surface area contributed by atoms with Gasteiger partial charge in [-0.15, -0.1) is 11.8 Å². The Morgan fingerprint density at radius 1 is 1.12 bits per heavy atom. The highest BCUT2D eigenvalue weighted by atomic mass is 32.2. The van der Waals surface area contributed by atoms with Gasteiger partial charge in [-0.1, -0.05) is 26.5 Å². The number of phenols is 1. The Kier molecular flexibility index (Phi) is 8.60. The molecule has 0 radical (unpaired) electrons. The van der Waals surface area contributed by atoms with Gasteiger partial charge in [-0.25, -0.2) is 36.9 Å². The van der Waals surface area contributed by atoms with E-state index in [0.29, 0.717) is 16.4 Å². The number of fused-ring (bicyclic) bond motifs is 1. The predicted molar refractivity (Wildman–Crippen MR) is 177 cm³/mol. The number of amides is 1. The van der Waals surface area contributed by atoms with Crippen molar-refractivity contribution in [3.8, 4) is 22.7 Å². The number of carbonyl (C=O) groups is 1. The topological polar surface area (TPSA) is 108 Å². The molecule has 15 heteroatoms. The SMILES string of the molecule is C=CC(=O)N1CCN(c2nc(=O)n(-c3c(SC)cc(N4CC(F)(F)C4)nc3C(C)C)c3nc(-c4c(O)cccc4F)c(F)cc23)[C@@H](C)C1. The number of carbonyl (C=O) groups excluding carboxylic acids is 1. The van der Waals surface area contributed by atoms with Crippen LogP contribution in [0.25, 0.3) is 28.0 Å². The number of aromatic hydroxyl groups is 1. The number of halogens is 4. The molecule has 0 unspecified atom stereocenters. The van der Waals surface area contributed by atoms with Crippen molar-refractivity contribution in [3.63, 3.8) is 0 Å². The maximum atomic E-state index is 16.0. The lowest BCUT2D eigenvalue weighted by atomic mass is 10.1. The van der Waals surface area contributed by atoms with Crippen molar-refractivity contribution in [2.75, 3.05) is 48.8 Å². The van der Waals surface area contributed by atoms with E-state index in [-0.39, 0.29) is 60.0 Å². The number of thioether (sulfide) groups is 1. The molecule has 0 spiro atoms. The number of aromatic nitrogens is 4. The summed E-state index contributed by atoms with van der Waals surface area (Å²) < 4.78 is 60.0. The first-order chi connectivity index (χ1) is 22.7. The highest BCUT2D eigenvalue weighted by Gasteiger charge is 2.45. The van der Waals surface area contributed by atoms with Crippen molar-refractivity contribution < 1.29 is 27.5 Å². The zero-order valence-corrected chi connectivity index (χ0v) is 27.5. The molecular formula is C33H33F4N7O3S. The van der Waals surface area contributed by atoms with Crippen LogP contribution in [0.4, 0.5) is 29.2 Å². The quantitative estimate of drug-likeness (QED) is 0.157. The summed E-state index contributed by atoms with van der Waals surface area (Å²) in [6.07, 6.45) is 2.98. The van der Waals surface area contributed by atoms with Gasteiger partial charge >= 0.3 is 5.69 Å². The largest absolute Gasteiger partial charge is 0.507 e. The molecular weight excluding hydrogens is 650 g/mol. The molecule has 2 fully saturated rings. The molecule has 0 saturated carbocycles. The van der Waals surface area contributed by atoms with E-state index in [1.807, 2.05) is 20.8 Å². The average molecular weight is 684 g/mol. The number of alkyl halides is 2. The Bertz CT molecular complexity index is 1990. The molecule has 4 aromatic rings. The fraction of sp³-hybridized carbons (Fsp3) is 0.364. The summed E-state index contributed by atoms with van der Waals surface area (Å²) in [6.45, 7) is 8.88. The Morgan fingerprint density at radius 3 is 2.46 bits per heavy atom. The molecule has 2 aliphatic rings. The Hall–Kier alpha value is -4.66. The summed E-state index contributed by atoms with van der Waals surface area (Å²) in [5.41, 5.74) is -1.22. The zero-order chi connectivity index (χ0) is 34.7. The van der Waals surface area contributed by atoms with Crippen molar-refractivity contribution in [2.45, 2.75) is 43.5 Å². The third-order valence-electron chi connectivity index (χ3n) is 8.55. The minimum atomic E-state index is -2.84. The molecule has 0 aliphatic carbocycles. The van der Waals surface area contributed by atoms with E-state index < -0.39 is 53.3 Å². The second-order valence-electron chi connectivity index (χ2n) is 12.2. The van der Waals surface area contributed by atoms with Crippen molar-refractivity contribution in [3.05, 3.63) is 70.8 Å². The van der Waals surface area contributed by atoms with E-state index in [1.54, 1.807) is 22.1 Å². The first-order valence-corrected chi connectivity index (χ1v) is 16.5. The van der Waals surface area contributed by atoms with Gasteiger partial charge in [-0.2, -0.15) is 4.98 Å². The summed E-state index contributed by atoms with van der Waals surface area (Å²) >= 11 is 1.25. The van der Waals surface area contributed by atoms with Crippen molar-refractivity contribution in [1.29, 1.82) is 0 Å². The summed E-state index contributed by atoms with van der Waals surface area (Å²) in [6, 6.07) is 5.89. The number of hydrogen-bond donors (Lipinski definition) is 1. The lowest BCUT2D eigenvalue weighted by Crippen LogP contribution is -2.56. The van der Waals surface area contributed by atoms with Crippen LogP contribution in [0.2, 0.25) is 0 Å². The maximum Gasteiger partial charge on any atom is 0.355 e. The maximum absolute atomic E-state index is 16.0. The highest BCUT2D eigenvalue weighted by molar-refractivity contribution is 7.98. The van der Waals surface area contributed by atoms with E-state index >= 15 is 8.78 Å². The first kappa shape index (κ1) is 33.2. The predicted octanol–water partition coefficient (Wildman–Crippen LogP) is 5.35. The van der Waals surface area contributed by atoms with Gasteiger partial charge in [0.2, 0.25) is 5.91 Å². The third-order valence-corrected chi connectivity index (χ3v) is 9.30. The number of pyridine rings is 2. The fourth-order valence-corrected chi connectivity index (χ4v) is 6.80. The van der Waals surface area contributed by atoms with Crippen molar-refractivity contribution in [1.82, 2.24) is 24.4 Å². The van der Waals surface area contributed by atoms with Crippen LogP contribution in [0.3, 0.4) is 0 Å². The van der Waals surface area contributed by atoms with Crippen molar-refractivity contribution >= 4 is 40.3 Å². The number of nitrogens with zero attached hydrogens (tertiary/aromatic N) is 7. The summed E-state index contributed by atoms with van der Waals surface area (Å²) in [5, 5.41) is 10.7. The third kappa shape index (κ3) is 5.73. The minimum absolute atomic E-state index is 0.0805. The first-order valence-electron chi connectivity index (χ1n) is 15.3. The van der Waals surface area contributed by atoms with Crippen molar-refractivity contribution in [2.24, 2.45) is 0 Å². The molecule has 252 valence electrons. The molecule has 1 N–H and O–H groups in total. The Morgan fingerprint density at radius 2 is 1.85 bits per heavy atom. The zero-order valence-electron chi connectivity index (χ0n) is 26.7. The minimum Gasteiger partial charge on any atom is -0.507 e. The van der Waals surface area contributed by atoms with Gasteiger partial charge in [0.1, 0.15) is 28.9 Å². The van der Waals surface area contributed by atoms with Crippen LogP contribution in [0.5, 0.6) is 5.75 Å². The number of rotatable bonds is 7. The van der Waals surface area contributed by atoms with Crippen LogP contribution in [0, 0.1) is 11.6 Å². The van der Waals surface area contributed by atoms with Crippen LogP contribution in [0.1, 0.15) is 32.4 Å². The molecule has 1 atom stereocenters. The van der Waals surface area contributed by atoms with Gasteiger partial charge in [0.05, 0.1) is 35.4 Å². The van der Waals surface area contributed by atoms with E-state index in [9.17, 15) is 23.5 Å². The van der Waals surface area contributed by atoms with Gasteiger partial charge in [0, 0.05) is 30.6 Å². The molecule has 48 heavy (non-hydrogen) atoms. The molecule has 5 heterocycles. The van der Waals surface area contributed by atoms with Crippen LogP contribution in [-0.4, -0.2) is 86.4 Å². The monoisotopic (exact) mass is 683 g/mol. The molecule has 2 aliphatic heterocycles. The molecule has 1 amide bonds. The Labute approximate surface area is 277 Å². The lowest BCUT2D eigenvalue weighted by molar-refractivity contribution is -0.126. The van der Waals surface area contributed by atoms with Gasteiger partial charge in [0.25, 0.3) is 5.92 Å². The van der Waals surface area contributed by atoms with Crippen LogP contribution >= 0.6 is 11.8 Å². The van der Waals surface area contributed by atoms with Crippen LogP contribution in [-0.2, 0) is 4.79 Å². The smallest absolute Gasteiger partial charge is 0.355 e. The van der Waals surface area contributed by atoms with Gasteiger partial charge < -0.3 is 19.8 Å². The Balaban J connectivity index is 1.64. The van der Waals surface area contributed by atoms with E-state index in [1.165, 1.54) is 39.4 Å². The number of anilines is 2. The molecule has 1 aromatic carbocycles. The normalized spacial score (nSPS) is 17.6. The molecule has 3 aromatic heterocycles. The molecule has 6 rings (SSSR count). The second kappa shape index (κ2) is 12.4. The second-order valence-corrected chi connectivity index (χ2v) is 13.0. The fourth-order valence-electron chi connectivity index (χ4n) is 6.19. The molecule has 0 bridgehead atoms. The van der Waals surface area contributed by atoms with E-state index in [0.717, 1.165) is 12.1 Å². The number of piperazine rings is 1. The van der Waals surface area contributed by atoms with Crippen LogP contribution < -0.4 is 15.5 Å². The summed E-state index contributed by atoms with van der Waals surface area (Å²) in [5.74, 6) is -5.42. The van der Waals surface area contributed by atoms with Gasteiger partial charge in [-0.3, -0.25) is 4.79 Å². The highest BCUT2D eigenvalue weighted by Crippen LogP contribution is 2.40.